The number of carbonyl (C=O) groups excluding carboxylic acids is 1. The van der Waals surface area contributed by atoms with Crippen molar-refractivity contribution in [1.29, 1.82) is 0 Å². The lowest BCUT2D eigenvalue weighted by molar-refractivity contribution is 0.0525. The fraction of sp³-hybridized carbons (Fsp3) is 0.571. The number of hydrogen-bond donors (Lipinski definition) is 2. The topological polar surface area (TPSA) is 77.2 Å². The molecule has 0 saturated carbocycles. The molecule has 19 heavy (non-hydrogen) atoms. The molecular weight excluding hydrogens is 242 g/mol. The van der Waals surface area contributed by atoms with E-state index in [0.29, 0.717) is 13.1 Å². The van der Waals surface area contributed by atoms with E-state index in [9.17, 15) is 4.79 Å². The number of rotatable bonds is 4. The van der Waals surface area contributed by atoms with Gasteiger partial charge < -0.3 is 15.8 Å². The lowest BCUT2D eigenvalue weighted by atomic mass is 9.97. The number of aryl methyl sites for hydroxylation is 1. The number of alkyl carbamates (subject to hydrolysis) is 1. The summed E-state index contributed by atoms with van der Waals surface area (Å²) in [5.41, 5.74) is 7.45. The zero-order valence-corrected chi connectivity index (χ0v) is 12.1. The summed E-state index contributed by atoms with van der Waals surface area (Å²) in [6, 6.07) is 1.94. The van der Waals surface area contributed by atoms with E-state index in [-0.39, 0.29) is 5.92 Å². The Balaban J connectivity index is 2.59. The summed E-state index contributed by atoms with van der Waals surface area (Å²) in [6.45, 7) is 8.39. The summed E-state index contributed by atoms with van der Waals surface area (Å²) < 4.78 is 5.19. The van der Waals surface area contributed by atoms with Crippen molar-refractivity contribution < 1.29 is 9.53 Å². The number of aromatic nitrogens is 1. The molecule has 0 fully saturated rings. The standard InChI is InChI=1S/C14H23N3O2/c1-10-5-6-16-9-12(10)11(7-15)8-17-13(18)19-14(2,3)4/h5-6,9,11H,7-8,15H2,1-4H3,(H,17,18). The van der Waals surface area contributed by atoms with E-state index in [1.54, 1.807) is 12.4 Å². The first-order valence-electron chi connectivity index (χ1n) is 6.41. The number of pyridine rings is 1. The third-order valence-electron chi connectivity index (χ3n) is 2.70. The van der Waals surface area contributed by atoms with Gasteiger partial charge in [-0.15, -0.1) is 0 Å². The Bertz CT molecular complexity index is 427. The molecule has 0 saturated heterocycles. The fourth-order valence-corrected chi connectivity index (χ4v) is 1.74. The van der Waals surface area contributed by atoms with Gasteiger partial charge in [0, 0.05) is 31.4 Å². The number of amides is 1. The van der Waals surface area contributed by atoms with Gasteiger partial charge >= 0.3 is 6.09 Å². The van der Waals surface area contributed by atoms with Crippen LogP contribution in [0.1, 0.15) is 37.8 Å². The van der Waals surface area contributed by atoms with Gasteiger partial charge in [0.2, 0.25) is 0 Å². The Kier molecular flexibility index (Phi) is 5.30. The van der Waals surface area contributed by atoms with Gasteiger partial charge in [-0.3, -0.25) is 4.98 Å². The Labute approximate surface area is 114 Å². The maximum Gasteiger partial charge on any atom is 0.407 e. The normalized spacial score (nSPS) is 12.9. The van der Waals surface area contributed by atoms with Crippen molar-refractivity contribution in [2.24, 2.45) is 5.73 Å². The van der Waals surface area contributed by atoms with Crippen molar-refractivity contribution in [1.82, 2.24) is 10.3 Å². The molecular formula is C14H23N3O2. The zero-order valence-electron chi connectivity index (χ0n) is 12.1. The summed E-state index contributed by atoms with van der Waals surface area (Å²) in [6.07, 6.45) is 3.12. The van der Waals surface area contributed by atoms with Crippen LogP contribution in [0.15, 0.2) is 18.5 Å². The smallest absolute Gasteiger partial charge is 0.407 e. The van der Waals surface area contributed by atoms with Crippen LogP contribution in [0.3, 0.4) is 0 Å². The van der Waals surface area contributed by atoms with Crippen LogP contribution in [-0.2, 0) is 4.74 Å². The Morgan fingerprint density at radius 3 is 2.74 bits per heavy atom. The first kappa shape index (κ1) is 15.4. The highest BCUT2D eigenvalue weighted by Crippen LogP contribution is 2.17. The minimum atomic E-state index is -0.494. The predicted molar refractivity (Wildman–Crippen MR) is 75.0 cm³/mol. The molecule has 0 aliphatic rings. The predicted octanol–water partition coefficient (Wildman–Crippen LogP) is 1.96. The molecule has 106 valence electrons. The van der Waals surface area contributed by atoms with E-state index < -0.39 is 11.7 Å². The molecule has 1 unspecified atom stereocenters. The highest BCUT2D eigenvalue weighted by atomic mass is 16.6. The van der Waals surface area contributed by atoms with Crippen molar-refractivity contribution >= 4 is 6.09 Å². The van der Waals surface area contributed by atoms with Crippen LogP contribution in [0, 0.1) is 6.92 Å². The van der Waals surface area contributed by atoms with Gasteiger partial charge in [-0.1, -0.05) is 0 Å². The first-order valence-corrected chi connectivity index (χ1v) is 6.41. The lowest BCUT2D eigenvalue weighted by Crippen LogP contribution is -2.36. The largest absolute Gasteiger partial charge is 0.444 e. The van der Waals surface area contributed by atoms with Crippen molar-refractivity contribution in [3.63, 3.8) is 0 Å². The number of ether oxygens (including phenoxy) is 1. The molecule has 0 radical (unpaired) electrons. The van der Waals surface area contributed by atoms with Crippen molar-refractivity contribution in [2.75, 3.05) is 13.1 Å². The van der Waals surface area contributed by atoms with Gasteiger partial charge in [-0.05, 0) is 44.9 Å². The number of carbonyl (C=O) groups is 1. The minimum absolute atomic E-state index is 0.0428. The Morgan fingerprint density at radius 2 is 2.21 bits per heavy atom. The van der Waals surface area contributed by atoms with E-state index in [4.69, 9.17) is 10.5 Å². The number of nitrogens with two attached hydrogens (primary N) is 1. The van der Waals surface area contributed by atoms with Crippen LogP contribution in [0.4, 0.5) is 4.79 Å². The average Bonchev–Trinajstić information content (AvgIpc) is 2.29. The van der Waals surface area contributed by atoms with Crippen LogP contribution < -0.4 is 11.1 Å². The molecule has 1 aromatic heterocycles. The van der Waals surface area contributed by atoms with Gasteiger partial charge in [0.05, 0.1) is 0 Å². The molecule has 1 aromatic rings. The van der Waals surface area contributed by atoms with E-state index in [2.05, 4.69) is 10.3 Å². The highest BCUT2D eigenvalue weighted by Gasteiger charge is 2.18. The molecule has 1 amide bonds. The number of nitrogens with zero attached hydrogens (tertiary/aromatic N) is 1. The third kappa shape index (κ3) is 5.26. The fourth-order valence-electron chi connectivity index (χ4n) is 1.74. The maximum absolute atomic E-state index is 11.6. The van der Waals surface area contributed by atoms with Crippen molar-refractivity contribution in [2.45, 2.75) is 39.2 Å². The zero-order chi connectivity index (χ0) is 14.5. The summed E-state index contributed by atoms with van der Waals surface area (Å²) >= 11 is 0. The van der Waals surface area contributed by atoms with Gasteiger partial charge in [0.1, 0.15) is 5.60 Å². The molecule has 1 heterocycles. The van der Waals surface area contributed by atoms with E-state index in [1.165, 1.54) is 0 Å². The number of nitrogens with one attached hydrogen (secondary N) is 1. The average molecular weight is 265 g/mol. The summed E-state index contributed by atoms with van der Waals surface area (Å²) in [7, 11) is 0. The van der Waals surface area contributed by atoms with E-state index in [0.717, 1.165) is 11.1 Å². The second-order valence-corrected chi connectivity index (χ2v) is 5.55. The molecule has 0 aliphatic heterocycles. The molecule has 0 bridgehead atoms. The molecule has 5 nitrogen and oxygen atoms in total. The minimum Gasteiger partial charge on any atom is -0.444 e. The van der Waals surface area contributed by atoms with Crippen LogP contribution in [-0.4, -0.2) is 29.8 Å². The van der Waals surface area contributed by atoms with Crippen LogP contribution in [0.25, 0.3) is 0 Å². The monoisotopic (exact) mass is 265 g/mol. The molecule has 1 rings (SSSR count). The molecule has 0 aliphatic carbocycles. The molecule has 0 spiro atoms. The van der Waals surface area contributed by atoms with Crippen molar-refractivity contribution in [3.05, 3.63) is 29.6 Å². The van der Waals surface area contributed by atoms with E-state index in [1.807, 2.05) is 33.8 Å². The molecule has 1 atom stereocenters. The van der Waals surface area contributed by atoms with Gasteiger partial charge in [0.15, 0.2) is 0 Å². The van der Waals surface area contributed by atoms with E-state index >= 15 is 0 Å². The third-order valence-corrected chi connectivity index (χ3v) is 2.70. The Hall–Kier alpha value is -1.62. The van der Waals surface area contributed by atoms with Crippen LogP contribution in [0.5, 0.6) is 0 Å². The quantitative estimate of drug-likeness (QED) is 0.872. The summed E-state index contributed by atoms with van der Waals surface area (Å²) in [4.78, 5) is 15.7. The van der Waals surface area contributed by atoms with Crippen LogP contribution in [0.2, 0.25) is 0 Å². The van der Waals surface area contributed by atoms with Gasteiger partial charge in [0.25, 0.3) is 0 Å². The van der Waals surface area contributed by atoms with Crippen LogP contribution >= 0.6 is 0 Å². The summed E-state index contributed by atoms with van der Waals surface area (Å²) in [5, 5.41) is 2.75. The second kappa shape index (κ2) is 6.52. The molecule has 0 aromatic carbocycles. The maximum atomic E-state index is 11.6. The Morgan fingerprint density at radius 1 is 1.53 bits per heavy atom. The molecule has 5 heteroatoms. The first-order chi connectivity index (χ1) is 8.83. The van der Waals surface area contributed by atoms with Gasteiger partial charge in [-0.25, -0.2) is 4.79 Å². The van der Waals surface area contributed by atoms with Crippen molar-refractivity contribution in [3.8, 4) is 0 Å². The number of hydrogen-bond acceptors (Lipinski definition) is 4. The highest BCUT2D eigenvalue weighted by molar-refractivity contribution is 5.67. The lowest BCUT2D eigenvalue weighted by Gasteiger charge is -2.22. The summed E-state index contributed by atoms with van der Waals surface area (Å²) in [5.74, 6) is 0.0428. The van der Waals surface area contributed by atoms with Gasteiger partial charge in [-0.2, -0.15) is 0 Å². The SMILES string of the molecule is Cc1ccncc1C(CN)CNC(=O)OC(C)(C)C. The second-order valence-electron chi connectivity index (χ2n) is 5.55. The molecule has 3 N–H and O–H groups in total.